The van der Waals surface area contributed by atoms with Crippen molar-refractivity contribution in [3.63, 3.8) is 0 Å². The standard InChI is InChI=1S/C14H18N2S/c1-9-4-5-12(6-10(9)2)13(15)7-14-16-11(3)8-17-14/h4-6,8,13H,7,15H2,1-3H3. The van der Waals surface area contributed by atoms with Gasteiger partial charge in [-0.25, -0.2) is 4.98 Å². The monoisotopic (exact) mass is 246 g/mol. The highest BCUT2D eigenvalue weighted by atomic mass is 32.1. The third-order valence-electron chi connectivity index (χ3n) is 3.02. The highest BCUT2D eigenvalue weighted by molar-refractivity contribution is 7.09. The van der Waals surface area contributed by atoms with Crippen LogP contribution in [0, 0.1) is 20.8 Å². The number of aryl methyl sites for hydroxylation is 3. The Morgan fingerprint density at radius 1 is 1.24 bits per heavy atom. The fourth-order valence-electron chi connectivity index (χ4n) is 1.80. The zero-order valence-corrected chi connectivity index (χ0v) is 11.3. The van der Waals surface area contributed by atoms with Crippen molar-refractivity contribution in [1.82, 2.24) is 4.98 Å². The summed E-state index contributed by atoms with van der Waals surface area (Å²) in [6, 6.07) is 6.48. The van der Waals surface area contributed by atoms with Crippen LogP contribution in [0.1, 0.15) is 33.4 Å². The maximum Gasteiger partial charge on any atom is 0.0947 e. The van der Waals surface area contributed by atoms with Crippen LogP contribution in [0.2, 0.25) is 0 Å². The van der Waals surface area contributed by atoms with Gasteiger partial charge in [0.05, 0.1) is 5.01 Å². The highest BCUT2D eigenvalue weighted by Crippen LogP contribution is 2.20. The molecule has 1 atom stereocenters. The Morgan fingerprint density at radius 2 is 2.00 bits per heavy atom. The van der Waals surface area contributed by atoms with Crippen molar-refractivity contribution in [2.45, 2.75) is 33.2 Å². The van der Waals surface area contributed by atoms with Crippen LogP contribution in [0.15, 0.2) is 23.6 Å². The predicted octanol–water partition coefficient (Wildman–Crippen LogP) is 3.31. The molecule has 0 amide bonds. The molecule has 1 unspecified atom stereocenters. The number of nitrogens with two attached hydrogens (primary N) is 1. The van der Waals surface area contributed by atoms with E-state index in [-0.39, 0.29) is 6.04 Å². The number of hydrogen-bond donors (Lipinski definition) is 1. The minimum atomic E-state index is 0.0415. The zero-order chi connectivity index (χ0) is 12.4. The molecule has 0 radical (unpaired) electrons. The average molecular weight is 246 g/mol. The Morgan fingerprint density at radius 3 is 2.59 bits per heavy atom. The molecule has 0 bridgehead atoms. The lowest BCUT2D eigenvalue weighted by Crippen LogP contribution is -2.13. The van der Waals surface area contributed by atoms with Crippen molar-refractivity contribution in [3.05, 3.63) is 51.0 Å². The first-order chi connectivity index (χ1) is 8.06. The summed E-state index contributed by atoms with van der Waals surface area (Å²) in [6.07, 6.45) is 0.820. The van der Waals surface area contributed by atoms with Gasteiger partial charge in [0.2, 0.25) is 0 Å². The molecule has 0 aliphatic heterocycles. The van der Waals surface area contributed by atoms with Gasteiger partial charge in [0.15, 0.2) is 0 Å². The average Bonchev–Trinajstić information content (AvgIpc) is 2.68. The normalized spacial score (nSPS) is 12.7. The van der Waals surface area contributed by atoms with Crippen LogP contribution in [-0.4, -0.2) is 4.98 Å². The number of hydrogen-bond acceptors (Lipinski definition) is 3. The SMILES string of the molecule is Cc1csc(CC(N)c2ccc(C)c(C)c2)n1. The molecule has 2 aromatic rings. The van der Waals surface area contributed by atoms with E-state index in [0.29, 0.717) is 0 Å². The van der Waals surface area contributed by atoms with Crippen LogP contribution in [-0.2, 0) is 6.42 Å². The summed E-state index contributed by atoms with van der Waals surface area (Å²) in [5, 5.41) is 3.19. The molecule has 3 heteroatoms. The molecule has 90 valence electrons. The summed E-state index contributed by atoms with van der Waals surface area (Å²) in [5.41, 5.74) is 11.1. The van der Waals surface area contributed by atoms with Crippen LogP contribution >= 0.6 is 11.3 Å². The second-order valence-corrected chi connectivity index (χ2v) is 5.48. The molecule has 2 rings (SSSR count). The molecule has 0 saturated heterocycles. The number of nitrogens with zero attached hydrogens (tertiary/aromatic N) is 1. The van der Waals surface area contributed by atoms with E-state index in [9.17, 15) is 0 Å². The van der Waals surface area contributed by atoms with Crippen molar-refractivity contribution in [2.75, 3.05) is 0 Å². The van der Waals surface area contributed by atoms with Gasteiger partial charge in [0, 0.05) is 23.5 Å². The Bertz CT molecular complexity index is 517. The van der Waals surface area contributed by atoms with E-state index in [1.165, 1.54) is 16.7 Å². The lowest BCUT2D eigenvalue weighted by molar-refractivity contribution is 0.715. The molecule has 1 aromatic carbocycles. The molecule has 0 aliphatic rings. The maximum atomic E-state index is 6.22. The fraction of sp³-hybridized carbons (Fsp3) is 0.357. The largest absolute Gasteiger partial charge is 0.324 e. The summed E-state index contributed by atoms with van der Waals surface area (Å²) in [6.45, 7) is 6.26. The van der Waals surface area contributed by atoms with Gasteiger partial charge in [0.25, 0.3) is 0 Å². The number of rotatable bonds is 3. The lowest BCUT2D eigenvalue weighted by Gasteiger charge is -2.12. The zero-order valence-electron chi connectivity index (χ0n) is 10.5. The fourth-order valence-corrected chi connectivity index (χ4v) is 2.63. The molecular formula is C14H18N2S. The van der Waals surface area contributed by atoms with E-state index in [1.807, 2.05) is 6.92 Å². The van der Waals surface area contributed by atoms with E-state index in [0.717, 1.165) is 17.1 Å². The van der Waals surface area contributed by atoms with Gasteiger partial charge in [-0.05, 0) is 37.5 Å². The number of thiazole rings is 1. The second-order valence-electron chi connectivity index (χ2n) is 4.54. The number of aromatic nitrogens is 1. The molecule has 17 heavy (non-hydrogen) atoms. The van der Waals surface area contributed by atoms with Crippen molar-refractivity contribution in [3.8, 4) is 0 Å². The highest BCUT2D eigenvalue weighted by Gasteiger charge is 2.10. The minimum absolute atomic E-state index is 0.0415. The summed E-state index contributed by atoms with van der Waals surface area (Å²) < 4.78 is 0. The lowest BCUT2D eigenvalue weighted by atomic mass is 10.00. The first kappa shape index (κ1) is 12.3. The first-order valence-electron chi connectivity index (χ1n) is 5.80. The van der Waals surface area contributed by atoms with Crippen molar-refractivity contribution >= 4 is 11.3 Å². The molecule has 2 nitrogen and oxygen atoms in total. The third-order valence-corrected chi connectivity index (χ3v) is 4.01. The van der Waals surface area contributed by atoms with Crippen LogP contribution in [0.4, 0.5) is 0 Å². The molecule has 0 fully saturated rings. The Hall–Kier alpha value is -1.19. The van der Waals surface area contributed by atoms with E-state index < -0.39 is 0 Å². The van der Waals surface area contributed by atoms with Gasteiger partial charge >= 0.3 is 0 Å². The smallest absolute Gasteiger partial charge is 0.0947 e. The first-order valence-corrected chi connectivity index (χ1v) is 6.68. The second kappa shape index (κ2) is 4.98. The maximum absolute atomic E-state index is 6.22. The molecule has 2 N–H and O–H groups in total. The van der Waals surface area contributed by atoms with Crippen LogP contribution in [0.25, 0.3) is 0 Å². The van der Waals surface area contributed by atoms with Gasteiger partial charge < -0.3 is 5.73 Å². The van der Waals surface area contributed by atoms with Gasteiger partial charge in [-0.1, -0.05) is 18.2 Å². The predicted molar refractivity (Wildman–Crippen MR) is 73.4 cm³/mol. The summed E-state index contributed by atoms with van der Waals surface area (Å²) in [4.78, 5) is 4.45. The molecule has 0 aliphatic carbocycles. The third kappa shape index (κ3) is 2.93. The topological polar surface area (TPSA) is 38.9 Å². The summed E-state index contributed by atoms with van der Waals surface area (Å²) in [5.74, 6) is 0. The van der Waals surface area contributed by atoms with Crippen molar-refractivity contribution in [2.24, 2.45) is 5.73 Å². The van der Waals surface area contributed by atoms with Crippen molar-refractivity contribution in [1.29, 1.82) is 0 Å². The van der Waals surface area contributed by atoms with E-state index in [2.05, 4.69) is 42.4 Å². The van der Waals surface area contributed by atoms with Crippen molar-refractivity contribution < 1.29 is 0 Å². The van der Waals surface area contributed by atoms with Gasteiger partial charge in [-0.2, -0.15) is 0 Å². The quantitative estimate of drug-likeness (QED) is 0.902. The van der Waals surface area contributed by atoms with E-state index >= 15 is 0 Å². The minimum Gasteiger partial charge on any atom is -0.324 e. The molecular weight excluding hydrogens is 228 g/mol. The Labute approximate surface area is 107 Å². The van der Waals surface area contributed by atoms with Crippen LogP contribution in [0.3, 0.4) is 0 Å². The van der Waals surface area contributed by atoms with Gasteiger partial charge in [0.1, 0.15) is 0 Å². The van der Waals surface area contributed by atoms with Gasteiger partial charge in [-0.3, -0.25) is 0 Å². The Kier molecular flexibility index (Phi) is 3.60. The number of benzene rings is 1. The molecule has 1 heterocycles. The molecule has 0 saturated carbocycles. The molecule has 0 spiro atoms. The summed E-state index contributed by atoms with van der Waals surface area (Å²) >= 11 is 1.69. The van der Waals surface area contributed by atoms with E-state index in [4.69, 9.17) is 5.73 Å². The van der Waals surface area contributed by atoms with Crippen LogP contribution in [0.5, 0.6) is 0 Å². The summed E-state index contributed by atoms with van der Waals surface area (Å²) in [7, 11) is 0. The van der Waals surface area contributed by atoms with Crippen LogP contribution < -0.4 is 5.73 Å². The van der Waals surface area contributed by atoms with Gasteiger partial charge in [-0.15, -0.1) is 11.3 Å². The van der Waals surface area contributed by atoms with E-state index in [1.54, 1.807) is 11.3 Å². The molecule has 1 aromatic heterocycles. The Balaban J connectivity index is 2.14.